The number of hydrogen-bond donors (Lipinski definition) is 3. The molecule has 0 aromatic carbocycles. The molecule has 1 saturated carbocycles. The molecule has 6 nitrogen and oxygen atoms in total. The lowest BCUT2D eigenvalue weighted by molar-refractivity contribution is -0.138. The third kappa shape index (κ3) is 5.63. The number of primary amides is 1. The number of likely N-dealkylation sites (tertiary alicyclic amines) is 1. The minimum Gasteiger partial charge on any atom is -0.481 e. The molecule has 0 bridgehead atoms. The number of nitrogens with one attached hydrogen (secondary N) is 1. The van der Waals surface area contributed by atoms with E-state index in [9.17, 15) is 9.59 Å². The van der Waals surface area contributed by atoms with Crippen molar-refractivity contribution in [2.24, 2.45) is 11.7 Å². The van der Waals surface area contributed by atoms with Crippen LogP contribution in [0.2, 0.25) is 0 Å². The number of carboxylic acid groups (broad SMARTS) is 1. The molecule has 21 heavy (non-hydrogen) atoms. The van der Waals surface area contributed by atoms with E-state index in [-0.39, 0.29) is 30.8 Å². The van der Waals surface area contributed by atoms with E-state index in [0.29, 0.717) is 12.6 Å². The highest BCUT2D eigenvalue weighted by molar-refractivity contribution is 5.76. The van der Waals surface area contributed by atoms with E-state index >= 15 is 0 Å². The Bertz CT molecular complexity index is 345. The number of amides is 1. The molecule has 1 aliphatic carbocycles. The van der Waals surface area contributed by atoms with Gasteiger partial charge in [0, 0.05) is 31.6 Å². The normalized spacial score (nSPS) is 28.4. The summed E-state index contributed by atoms with van der Waals surface area (Å²) in [7, 11) is 0. The third-order valence-corrected chi connectivity index (χ3v) is 4.53. The maximum atomic E-state index is 11.1. The number of carbonyl (C=O) groups is 2. The fourth-order valence-electron chi connectivity index (χ4n) is 3.77. The smallest absolute Gasteiger partial charge is 0.303 e. The van der Waals surface area contributed by atoms with Crippen molar-refractivity contribution in [3.63, 3.8) is 0 Å². The largest absolute Gasteiger partial charge is 0.481 e. The lowest BCUT2D eigenvalue weighted by atomic mass is 9.89. The van der Waals surface area contributed by atoms with Crippen molar-refractivity contribution in [2.75, 3.05) is 19.6 Å². The third-order valence-electron chi connectivity index (χ3n) is 4.53. The molecule has 2 aliphatic rings. The molecule has 0 radical (unpaired) electrons. The van der Waals surface area contributed by atoms with Gasteiger partial charge in [-0.25, -0.2) is 0 Å². The number of carbonyl (C=O) groups excluding carboxylic acids is 1. The number of carboxylic acids is 1. The Hall–Kier alpha value is -1.14. The highest BCUT2D eigenvalue weighted by atomic mass is 16.4. The van der Waals surface area contributed by atoms with Crippen LogP contribution in [0.25, 0.3) is 0 Å². The molecule has 1 amide bonds. The zero-order valence-corrected chi connectivity index (χ0v) is 12.6. The van der Waals surface area contributed by atoms with Crippen molar-refractivity contribution in [1.82, 2.24) is 10.2 Å². The number of aliphatic carboxylic acids is 1. The highest BCUT2D eigenvalue weighted by Gasteiger charge is 2.30. The summed E-state index contributed by atoms with van der Waals surface area (Å²) in [5, 5.41) is 12.7. The van der Waals surface area contributed by atoms with Crippen LogP contribution in [0.1, 0.15) is 44.9 Å². The molecule has 2 atom stereocenters. The predicted octanol–water partition coefficient (Wildman–Crippen LogP) is 0.559. The molecule has 0 aromatic rings. The van der Waals surface area contributed by atoms with Crippen LogP contribution in [0, 0.1) is 5.92 Å². The molecule has 2 fully saturated rings. The van der Waals surface area contributed by atoms with Crippen LogP contribution in [0.3, 0.4) is 0 Å². The molecule has 0 aromatic heterocycles. The molecule has 1 aliphatic heterocycles. The van der Waals surface area contributed by atoms with Crippen LogP contribution >= 0.6 is 0 Å². The van der Waals surface area contributed by atoms with Crippen molar-refractivity contribution in [3.05, 3.63) is 0 Å². The fraction of sp³-hybridized carbons (Fsp3) is 0.867. The maximum absolute atomic E-state index is 11.1. The zero-order chi connectivity index (χ0) is 15.2. The van der Waals surface area contributed by atoms with Gasteiger partial charge in [-0.05, 0) is 25.2 Å². The summed E-state index contributed by atoms with van der Waals surface area (Å²) in [5.41, 5.74) is 5.28. The lowest BCUT2D eigenvalue weighted by Gasteiger charge is -2.39. The summed E-state index contributed by atoms with van der Waals surface area (Å²) in [5.74, 6) is -1.02. The van der Waals surface area contributed by atoms with Crippen LogP contribution in [-0.4, -0.2) is 53.6 Å². The van der Waals surface area contributed by atoms with Crippen LogP contribution in [-0.2, 0) is 9.59 Å². The van der Waals surface area contributed by atoms with Crippen LogP contribution in [0.15, 0.2) is 0 Å². The summed E-state index contributed by atoms with van der Waals surface area (Å²) >= 11 is 0. The van der Waals surface area contributed by atoms with Gasteiger partial charge in [-0.3, -0.25) is 14.5 Å². The Labute approximate surface area is 126 Å². The lowest BCUT2D eigenvalue weighted by Crippen LogP contribution is -2.53. The van der Waals surface area contributed by atoms with Gasteiger partial charge in [0.1, 0.15) is 0 Å². The van der Waals surface area contributed by atoms with E-state index < -0.39 is 5.97 Å². The van der Waals surface area contributed by atoms with Gasteiger partial charge in [-0.15, -0.1) is 0 Å². The summed E-state index contributed by atoms with van der Waals surface area (Å²) in [6, 6.07) is 0.813. The second kappa shape index (κ2) is 7.75. The molecule has 6 heteroatoms. The molecule has 4 N–H and O–H groups in total. The Morgan fingerprint density at radius 1 is 1.14 bits per heavy atom. The maximum Gasteiger partial charge on any atom is 0.303 e. The van der Waals surface area contributed by atoms with Gasteiger partial charge in [-0.1, -0.05) is 19.3 Å². The van der Waals surface area contributed by atoms with Crippen molar-refractivity contribution in [3.8, 4) is 0 Å². The number of nitrogens with zero attached hydrogens (tertiary/aromatic N) is 1. The molecule has 2 rings (SSSR count). The Morgan fingerprint density at radius 2 is 1.86 bits per heavy atom. The number of hydrogen-bond acceptors (Lipinski definition) is 4. The van der Waals surface area contributed by atoms with Crippen LogP contribution < -0.4 is 11.1 Å². The second-order valence-corrected chi connectivity index (χ2v) is 6.56. The SMILES string of the molecule is NC(=O)CN1CC(CC(=O)O)CC(NC2CCCCC2)C1. The van der Waals surface area contributed by atoms with Crippen molar-refractivity contribution >= 4 is 11.9 Å². The number of nitrogens with two attached hydrogens (primary N) is 1. The summed E-state index contributed by atoms with van der Waals surface area (Å²) in [6.07, 6.45) is 7.31. The fourth-order valence-corrected chi connectivity index (χ4v) is 3.77. The zero-order valence-electron chi connectivity index (χ0n) is 12.6. The average Bonchev–Trinajstić information content (AvgIpc) is 2.37. The summed E-state index contributed by atoms with van der Waals surface area (Å²) in [4.78, 5) is 24.1. The number of piperidine rings is 1. The van der Waals surface area contributed by atoms with E-state index in [0.717, 1.165) is 13.0 Å². The first-order chi connectivity index (χ1) is 10.0. The van der Waals surface area contributed by atoms with E-state index in [1.807, 2.05) is 4.90 Å². The standard InChI is InChI=1S/C15H27N3O3/c16-14(19)10-18-8-11(7-15(20)21)6-13(9-18)17-12-4-2-1-3-5-12/h11-13,17H,1-10H2,(H2,16,19)(H,20,21). The van der Waals surface area contributed by atoms with E-state index in [1.54, 1.807) is 0 Å². The molecule has 0 spiro atoms. The van der Waals surface area contributed by atoms with Gasteiger partial charge in [-0.2, -0.15) is 0 Å². The van der Waals surface area contributed by atoms with Crippen molar-refractivity contribution in [2.45, 2.75) is 57.0 Å². The van der Waals surface area contributed by atoms with E-state index in [1.165, 1.54) is 32.1 Å². The molecular formula is C15H27N3O3. The van der Waals surface area contributed by atoms with E-state index in [4.69, 9.17) is 10.8 Å². The highest BCUT2D eigenvalue weighted by Crippen LogP contribution is 2.23. The minimum absolute atomic E-state index is 0.0942. The van der Waals surface area contributed by atoms with Gasteiger partial charge < -0.3 is 16.2 Å². The summed E-state index contributed by atoms with van der Waals surface area (Å²) < 4.78 is 0. The Morgan fingerprint density at radius 3 is 2.48 bits per heavy atom. The van der Waals surface area contributed by atoms with E-state index in [2.05, 4.69) is 5.32 Å². The number of rotatable bonds is 6. The van der Waals surface area contributed by atoms with Crippen molar-refractivity contribution < 1.29 is 14.7 Å². The first-order valence-electron chi connectivity index (χ1n) is 8.01. The van der Waals surface area contributed by atoms with Gasteiger partial charge in [0.25, 0.3) is 0 Å². The molecule has 1 saturated heterocycles. The first-order valence-corrected chi connectivity index (χ1v) is 8.01. The molecule has 1 heterocycles. The van der Waals surface area contributed by atoms with Gasteiger partial charge >= 0.3 is 5.97 Å². The van der Waals surface area contributed by atoms with Gasteiger partial charge in [0.15, 0.2) is 0 Å². The topological polar surface area (TPSA) is 95.7 Å². The van der Waals surface area contributed by atoms with Crippen molar-refractivity contribution in [1.29, 1.82) is 0 Å². The predicted molar refractivity (Wildman–Crippen MR) is 79.8 cm³/mol. The average molecular weight is 297 g/mol. The summed E-state index contributed by atoms with van der Waals surface area (Å²) in [6.45, 7) is 1.66. The monoisotopic (exact) mass is 297 g/mol. The van der Waals surface area contributed by atoms with Crippen LogP contribution in [0.4, 0.5) is 0 Å². The van der Waals surface area contributed by atoms with Crippen LogP contribution in [0.5, 0.6) is 0 Å². The quantitative estimate of drug-likeness (QED) is 0.666. The Kier molecular flexibility index (Phi) is 5.99. The van der Waals surface area contributed by atoms with Gasteiger partial charge in [0.05, 0.1) is 6.54 Å². The Balaban J connectivity index is 1.90. The van der Waals surface area contributed by atoms with Gasteiger partial charge in [0.2, 0.25) is 5.91 Å². The molecular weight excluding hydrogens is 270 g/mol. The second-order valence-electron chi connectivity index (χ2n) is 6.56. The molecule has 2 unspecified atom stereocenters. The minimum atomic E-state index is -0.766. The molecule has 120 valence electrons. The first kappa shape index (κ1) is 16.2.